The zero-order valence-electron chi connectivity index (χ0n) is 15.9. The van der Waals surface area contributed by atoms with Crippen LogP contribution in [0.25, 0.3) is 0 Å². The van der Waals surface area contributed by atoms with Crippen molar-refractivity contribution >= 4 is 11.9 Å². The van der Waals surface area contributed by atoms with Crippen LogP contribution in [0.1, 0.15) is 36.8 Å². The minimum atomic E-state index is -0.416. The Morgan fingerprint density at radius 1 is 0.704 bits per heavy atom. The predicted octanol–water partition coefficient (Wildman–Crippen LogP) is 4.39. The number of unbranched alkanes of at least 4 members (excludes halogenated alkanes) is 2. The van der Waals surface area contributed by atoms with Crippen LogP contribution in [0, 0.1) is 13.8 Å². The van der Waals surface area contributed by atoms with E-state index in [4.69, 9.17) is 14.2 Å². The first kappa shape index (κ1) is 20.6. The van der Waals surface area contributed by atoms with Crippen LogP contribution in [-0.4, -0.2) is 25.2 Å². The third-order valence-corrected chi connectivity index (χ3v) is 3.89. The number of rotatable bonds is 10. The largest absolute Gasteiger partial charge is 0.427 e. The number of hydrogen-bond donors (Lipinski definition) is 0. The Labute approximate surface area is 160 Å². The molecular weight excluding hydrogens is 344 g/mol. The lowest BCUT2D eigenvalue weighted by molar-refractivity contribution is -0.139. The van der Waals surface area contributed by atoms with Gasteiger partial charge in [0.2, 0.25) is 0 Å². The van der Waals surface area contributed by atoms with Crippen molar-refractivity contribution in [2.75, 3.05) is 13.2 Å². The highest BCUT2D eigenvalue weighted by Gasteiger charge is 2.06. The molecule has 2 aromatic carbocycles. The zero-order chi connectivity index (χ0) is 19.5. The minimum Gasteiger partial charge on any atom is -0.427 e. The number of aryl methyl sites for hydroxylation is 2. The van der Waals surface area contributed by atoms with E-state index in [2.05, 4.69) is 0 Å². The zero-order valence-corrected chi connectivity index (χ0v) is 15.9. The molecule has 0 amide bonds. The van der Waals surface area contributed by atoms with E-state index in [-0.39, 0.29) is 12.6 Å². The summed E-state index contributed by atoms with van der Waals surface area (Å²) in [5.41, 5.74) is 2.23. The van der Waals surface area contributed by atoms with Gasteiger partial charge in [-0.25, -0.2) is 4.79 Å². The van der Waals surface area contributed by atoms with Crippen LogP contribution >= 0.6 is 0 Å². The van der Waals surface area contributed by atoms with Gasteiger partial charge >= 0.3 is 11.9 Å². The van der Waals surface area contributed by atoms with Gasteiger partial charge < -0.3 is 14.2 Å². The molecule has 2 rings (SSSR count). The van der Waals surface area contributed by atoms with Crippen molar-refractivity contribution in [3.63, 3.8) is 0 Å². The maximum Gasteiger partial charge on any atom is 0.337 e. The van der Waals surface area contributed by atoms with Crippen molar-refractivity contribution in [3.8, 4) is 11.5 Å². The Morgan fingerprint density at radius 2 is 1.22 bits per heavy atom. The predicted molar refractivity (Wildman–Crippen MR) is 103 cm³/mol. The van der Waals surface area contributed by atoms with Crippen molar-refractivity contribution in [1.29, 1.82) is 0 Å². The summed E-state index contributed by atoms with van der Waals surface area (Å²) in [6.45, 7) is 4.33. The summed E-state index contributed by atoms with van der Waals surface area (Å²) in [5, 5.41) is 0. The molecule has 0 saturated heterocycles. The molecule has 2 aromatic rings. The van der Waals surface area contributed by atoms with Crippen molar-refractivity contribution in [2.24, 2.45) is 0 Å². The van der Waals surface area contributed by atoms with Gasteiger partial charge in [0.05, 0.1) is 0 Å². The third kappa shape index (κ3) is 8.51. The molecule has 0 saturated carbocycles. The van der Waals surface area contributed by atoms with Gasteiger partial charge in [0.15, 0.2) is 0 Å². The van der Waals surface area contributed by atoms with Crippen LogP contribution in [-0.2, 0) is 14.3 Å². The first-order chi connectivity index (χ1) is 13.0. The Bertz CT molecular complexity index is 656. The van der Waals surface area contributed by atoms with Gasteiger partial charge in [-0.2, -0.15) is 0 Å². The van der Waals surface area contributed by atoms with E-state index >= 15 is 0 Å². The second-order valence-electron chi connectivity index (χ2n) is 6.44. The van der Waals surface area contributed by atoms with Crippen LogP contribution in [0.4, 0.5) is 0 Å². The molecule has 5 nitrogen and oxygen atoms in total. The first-order valence-corrected chi connectivity index (χ1v) is 9.15. The molecule has 0 radical (unpaired) electrons. The molecule has 0 aromatic heterocycles. The summed E-state index contributed by atoms with van der Waals surface area (Å²) in [4.78, 5) is 23.4. The number of ether oxygens (including phenoxy) is 3. The average Bonchev–Trinajstić information content (AvgIpc) is 2.65. The molecule has 0 spiro atoms. The maximum atomic E-state index is 11.8. The normalized spacial score (nSPS) is 10.4. The molecule has 0 aliphatic heterocycles. The van der Waals surface area contributed by atoms with Gasteiger partial charge in [-0.1, -0.05) is 41.8 Å². The number of hydrogen-bond acceptors (Lipinski definition) is 5. The van der Waals surface area contributed by atoms with Crippen LogP contribution in [0.5, 0.6) is 11.5 Å². The van der Waals surface area contributed by atoms with Crippen LogP contribution in [0.3, 0.4) is 0 Å². The highest BCUT2D eigenvalue weighted by atomic mass is 16.6. The maximum absolute atomic E-state index is 11.8. The molecule has 0 atom stereocenters. The lowest BCUT2D eigenvalue weighted by atomic mass is 10.2. The van der Waals surface area contributed by atoms with Gasteiger partial charge in [0.1, 0.15) is 18.1 Å². The molecule has 0 aliphatic rings. The first-order valence-electron chi connectivity index (χ1n) is 9.15. The number of carbonyl (C=O) groups is 2. The summed E-state index contributed by atoms with van der Waals surface area (Å²) in [7, 11) is 0. The lowest BCUT2D eigenvalue weighted by Crippen LogP contribution is -2.16. The van der Waals surface area contributed by atoms with Gasteiger partial charge in [0.25, 0.3) is 0 Å². The van der Waals surface area contributed by atoms with Crippen molar-refractivity contribution in [3.05, 3.63) is 59.7 Å². The Balaban J connectivity index is 1.49. The van der Waals surface area contributed by atoms with Crippen molar-refractivity contribution in [2.45, 2.75) is 39.5 Å². The average molecular weight is 370 g/mol. The van der Waals surface area contributed by atoms with Gasteiger partial charge in [-0.15, -0.1) is 0 Å². The van der Waals surface area contributed by atoms with Crippen molar-refractivity contribution < 1.29 is 23.8 Å². The monoisotopic (exact) mass is 370 g/mol. The molecule has 0 heterocycles. The summed E-state index contributed by atoms with van der Waals surface area (Å²) in [5.74, 6) is 0.435. The van der Waals surface area contributed by atoms with E-state index in [9.17, 15) is 9.59 Å². The fourth-order valence-corrected chi connectivity index (χ4v) is 2.36. The fraction of sp³-hybridized carbons (Fsp3) is 0.364. The van der Waals surface area contributed by atoms with Crippen LogP contribution < -0.4 is 9.47 Å². The minimum absolute atomic E-state index is 0.0800. The van der Waals surface area contributed by atoms with Crippen LogP contribution in [0.2, 0.25) is 0 Å². The SMILES string of the molecule is Cc1ccc(OC(=O)CCCCCOCC(=O)Oc2ccc(C)cc2)cc1. The number of carbonyl (C=O) groups excluding carboxylic acids is 2. The molecule has 0 N–H and O–H groups in total. The molecule has 0 aliphatic carbocycles. The molecule has 0 unspecified atom stereocenters. The van der Waals surface area contributed by atoms with Gasteiger partial charge in [-0.05, 0) is 51.0 Å². The highest BCUT2D eigenvalue weighted by molar-refractivity contribution is 5.73. The van der Waals surface area contributed by atoms with Gasteiger partial charge in [0, 0.05) is 13.0 Å². The second-order valence-corrected chi connectivity index (χ2v) is 6.44. The van der Waals surface area contributed by atoms with Crippen molar-refractivity contribution in [1.82, 2.24) is 0 Å². The Kier molecular flexibility index (Phi) is 8.52. The topological polar surface area (TPSA) is 61.8 Å². The van der Waals surface area contributed by atoms with Gasteiger partial charge in [-0.3, -0.25) is 4.79 Å². The van der Waals surface area contributed by atoms with E-state index in [0.717, 1.165) is 30.4 Å². The summed E-state index contributed by atoms with van der Waals surface area (Å²) in [6.07, 6.45) is 2.69. The van der Waals surface area contributed by atoms with E-state index in [1.54, 1.807) is 24.3 Å². The lowest BCUT2D eigenvalue weighted by Gasteiger charge is -2.06. The number of benzene rings is 2. The molecule has 5 heteroatoms. The van der Waals surface area contributed by atoms with Crippen LogP contribution in [0.15, 0.2) is 48.5 Å². The summed E-state index contributed by atoms with van der Waals surface area (Å²) in [6, 6.07) is 14.7. The highest BCUT2D eigenvalue weighted by Crippen LogP contribution is 2.13. The van der Waals surface area contributed by atoms with E-state index in [1.807, 2.05) is 38.1 Å². The Morgan fingerprint density at radius 3 is 1.78 bits per heavy atom. The molecule has 0 fully saturated rings. The van der Waals surface area contributed by atoms with E-state index in [1.165, 1.54) is 0 Å². The fourth-order valence-electron chi connectivity index (χ4n) is 2.36. The molecule has 144 valence electrons. The second kappa shape index (κ2) is 11.1. The number of esters is 2. The molecule has 0 bridgehead atoms. The standard InChI is InChI=1S/C22H26O5/c1-17-7-11-19(12-8-17)26-21(23)6-4-3-5-15-25-16-22(24)27-20-13-9-18(2)10-14-20/h7-14H,3-6,15-16H2,1-2H3. The summed E-state index contributed by atoms with van der Waals surface area (Å²) < 4.78 is 15.7. The quantitative estimate of drug-likeness (QED) is 0.353. The Hall–Kier alpha value is -2.66. The van der Waals surface area contributed by atoms with E-state index in [0.29, 0.717) is 24.5 Å². The smallest absolute Gasteiger partial charge is 0.337 e. The molecule has 27 heavy (non-hydrogen) atoms. The van der Waals surface area contributed by atoms with E-state index < -0.39 is 5.97 Å². The summed E-state index contributed by atoms with van der Waals surface area (Å²) >= 11 is 0. The third-order valence-electron chi connectivity index (χ3n) is 3.89. The molecular formula is C22H26O5.